The average Bonchev–Trinajstić information content (AvgIpc) is 2.66. The quantitative estimate of drug-likeness (QED) is 0.516. The first-order valence-corrected chi connectivity index (χ1v) is 6.63. The molecule has 0 aromatic heterocycles. The second-order valence-electron chi connectivity index (χ2n) is 5.58. The molecule has 1 aliphatic carbocycles. The third-order valence-corrected chi connectivity index (χ3v) is 3.31. The molecule has 0 spiro atoms. The van der Waals surface area contributed by atoms with Crippen molar-refractivity contribution < 1.29 is 0 Å². The summed E-state index contributed by atoms with van der Waals surface area (Å²) < 4.78 is 0. The van der Waals surface area contributed by atoms with Gasteiger partial charge in [-0.15, -0.1) is 0 Å². The molecule has 0 atom stereocenters. The number of hydrogen-bond acceptors (Lipinski definition) is 2. The maximum absolute atomic E-state index is 7.31. The number of rotatable bonds is 7. The van der Waals surface area contributed by atoms with Crippen LogP contribution in [0.2, 0.25) is 0 Å². The van der Waals surface area contributed by atoms with Gasteiger partial charge in [-0.2, -0.15) is 0 Å². The lowest BCUT2D eigenvalue weighted by molar-refractivity contribution is 0.214. The number of amidine groups is 1. The highest BCUT2D eigenvalue weighted by molar-refractivity contribution is 5.76. The molecule has 1 rings (SSSR count). The lowest BCUT2D eigenvalue weighted by Gasteiger charge is -2.26. The summed E-state index contributed by atoms with van der Waals surface area (Å²) in [4.78, 5) is 2.50. The van der Waals surface area contributed by atoms with Crippen molar-refractivity contribution in [3.8, 4) is 0 Å². The Morgan fingerprint density at radius 2 is 2.00 bits per heavy atom. The van der Waals surface area contributed by atoms with Gasteiger partial charge in [0.05, 0.1) is 5.84 Å². The minimum absolute atomic E-state index is 0.320. The number of hydrogen-bond donors (Lipinski definition) is 2. The summed E-state index contributed by atoms with van der Waals surface area (Å²) >= 11 is 0. The van der Waals surface area contributed by atoms with E-state index in [-0.39, 0.29) is 0 Å². The molecule has 0 amide bonds. The Balaban J connectivity index is 2.32. The summed E-state index contributed by atoms with van der Waals surface area (Å²) in [6.45, 7) is 7.84. The van der Waals surface area contributed by atoms with E-state index in [0.29, 0.717) is 11.8 Å². The summed E-state index contributed by atoms with van der Waals surface area (Å²) in [5, 5.41) is 7.31. The fourth-order valence-electron chi connectivity index (χ4n) is 2.61. The maximum atomic E-state index is 7.31. The molecule has 0 unspecified atom stereocenters. The Bertz CT molecular complexity index is 207. The van der Waals surface area contributed by atoms with Crippen LogP contribution in [0.4, 0.5) is 0 Å². The van der Waals surface area contributed by atoms with Crippen LogP contribution in [-0.4, -0.2) is 30.4 Å². The molecule has 16 heavy (non-hydrogen) atoms. The highest BCUT2D eigenvalue weighted by Gasteiger charge is 2.18. The first kappa shape index (κ1) is 13.5. The maximum Gasteiger partial charge on any atom is 0.0918 e. The van der Waals surface area contributed by atoms with Crippen LogP contribution in [0, 0.1) is 17.2 Å². The van der Waals surface area contributed by atoms with Gasteiger partial charge in [0.25, 0.3) is 0 Å². The largest absolute Gasteiger partial charge is 0.388 e. The molecule has 3 nitrogen and oxygen atoms in total. The SMILES string of the molecule is CC(C)CN(CCC(=N)N)CC1CCCC1. The van der Waals surface area contributed by atoms with Crippen molar-refractivity contribution in [2.75, 3.05) is 19.6 Å². The lowest BCUT2D eigenvalue weighted by atomic mass is 10.1. The molecule has 0 aromatic carbocycles. The molecule has 94 valence electrons. The average molecular weight is 225 g/mol. The topological polar surface area (TPSA) is 53.1 Å². The molecule has 1 saturated carbocycles. The van der Waals surface area contributed by atoms with Crippen molar-refractivity contribution in [2.45, 2.75) is 46.0 Å². The van der Waals surface area contributed by atoms with Gasteiger partial charge in [-0.3, -0.25) is 5.41 Å². The van der Waals surface area contributed by atoms with E-state index in [1.165, 1.54) is 32.2 Å². The number of nitrogens with zero attached hydrogens (tertiary/aromatic N) is 1. The van der Waals surface area contributed by atoms with E-state index in [0.717, 1.165) is 25.4 Å². The highest BCUT2D eigenvalue weighted by Crippen LogP contribution is 2.25. The van der Waals surface area contributed by atoms with E-state index in [4.69, 9.17) is 11.1 Å². The van der Waals surface area contributed by atoms with Gasteiger partial charge in [0.1, 0.15) is 0 Å². The van der Waals surface area contributed by atoms with Crippen LogP contribution in [0.25, 0.3) is 0 Å². The molecule has 0 aliphatic heterocycles. The molecular weight excluding hydrogens is 198 g/mol. The van der Waals surface area contributed by atoms with Gasteiger partial charge in [-0.05, 0) is 24.7 Å². The van der Waals surface area contributed by atoms with Crippen molar-refractivity contribution in [1.29, 1.82) is 5.41 Å². The van der Waals surface area contributed by atoms with Gasteiger partial charge in [0, 0.05) is 26.1 Å². The Kier molecular flexibility index (Phi) is 5.81. The smallest absolute Gasteiger partial charge is 0.0918 e. The Labute approximate surface area is 99.9 Å². The zero-order valence-corrected chi connectivity index (χ0v) is 10.8. The fourth-order valence-corrected chi connectivity index (χ4v) is 2.61. The van der Waals surface area contributed by atoms with E-state index < -0.39 is 0 Å². The summed E-state index contributed by atoms with van der Waals surface area (Å²) in [6, 6.07) is 0. The van der Waals surface area contributed by atoms with Crippen LogP contribution in [0.5, 0.6) is 0 Å². The van der Waals surface area contributed by atoms with Crippen LogP contribution in [0.3, 0.4) is 0 Å². The van der Waals surface area contributed by atoms with Crippen LogP contribution < -0.4 is 5.73 Å². The summed E-state index contributed by atoms with van der Waals surface area (Å²) in [5.41, 5.74) is 5.44. The molecule has 1 fully saturated rings. The highest BCUT2D eigenvalue weighted by atomic mass is 15.1. The third kappa shape index (κ3) is 5.50. The van der Waals surface area contributed by atoms with E-state index in [1.807, 2.05) is 0 Å². The molecule has 3 N–H and O–H groups in total. The minimum Gasteiger partial charge on any atom is -0.388 e. The minimum atomic E-state index is 0.320. The summed E-state index contributed by atoms with van der Waals surface area (Å²) in [6.07, 6.45) is 6.34. The van der Waals surface area contributed by atoms with E-state index in [2.05, 4.69) is 18.7 Å². The molecule has 1 aliphatic rings. The van der Waals surface area contributed by atoms with Crippen molar-refractivity contribution >= 4 is 5.84 Å². The molecule has 0 saturated heterocycles. The van der Waals surface area contributed by atoms with E-state index >= 15 is 0 Å². The molecule has 3 heteroatoms. The Morgan fingerprint density at radius 1 is 1.38 bits per heavy atom. The van der Waals surface area contributed by atoms with Crippen LogP contribution >= 0.6 is 0 Å². The predicted octanol–water partition coefficient (Wildman–Crippen LogP) is 2.46. The predicted molar refractivity (Wildman–Crippen MR) is 69.8 cm³/mol. The second kappa shape index (κ2) is 6.89. The van der Waals surface area contributed by atoms with E-state index in [9.17, 15) is 0 Å². The second-order valence-corrected chi connectivity index (χ2v) is 5.58. The molecule has 0 bridgehead atoms. The van der Waals surface area contributed by atoms with Crippen molar-refractivity contribution in [1.82, 2.24) is 4.90 Å². The molecule has 0 aromatic rings. The lowest BCUT2D eigenvalue weighted by Crippen LogP contribution is -2.34. The number of nitrogens with two attached hydrogens (primary N) is 1. The Morgan fingerprint density at radius 3 is 2.50 bits per heavy atom. The molecule has 0 radical (unpaired) electrons. The van der Waals surface area contributed by atoms with Crippen LogP contribution in [-0.2, 0) is 0 Å². The van der Waals surface area contributed by atoms with E-state index in [1.54, 1.807) is 0 Å². The van der Waals surface area contributed by atoms with Gasteiger partial charge < -0.3 is 10.6 Å². The Hall–Kier alpha value is -0.570. The molecule has 0 heterocycles. The normalized spacial score (nSPS) is 17.5. The summed E-state index contributed by atoms with van der Waals surface area (Å²) in [7, 11) is 0. The van der Waals surface area contributed by atoms with Gasteiger partial charge >= 0.3 is 0 Å². The zero-order chi connectivity index (χ0) is 12.0. The third-order valence-electron chi connectivity index (χ3n) is 3.31. The first-order chi connectivity index (χ1) is 7.58. The van der Waals surface area contributed by atoms with Gasteiger partial charge in [0.15, 0.2) is 0 Å². The van der Waals surface area contributed by atoms with Crippen molar-refractivity contribution in [2.24, 2.45) is 17.6 Å². The number of nitrogens with one attached hydrogen (secondary N) is 1. The zero-order valence-electron chi connectivity index (χ0n) is 10.8. The van der Waals surface area contributed by atoms with Crippen molar-refractivity contribution in [3.63, 3.8) is 0 Å². The van der Waals surface area contributed by atoms with Crippen LogP contribution in [0.15, 0.2) is 0 Å². The van der Waals surface area contributed by atoms with Gasteiger partial charge in [-0.25, -0.2) is 0 Å². The summed E-state index contributed by atoms with van der Waals surface area (Å²) in [5.74, 6) is 1.92. The van der Waals surface area contributed by atoms with Crippen LogP contribution in [0.1, 0.15) is 46.0 Å². The molecular formula is C13H27N3. The van der Waals surface area contributed by atoms with Gasteiger partial charge in [-0.1, -0.05) is 26.7 Å². The first-order valence-electron chi connectivity index (χ1n) is 6.63. The fraction of sp³-hybridized carbons (Fsp3) is 0.923. The standard InChI is InChI=1S/C13H27N3/c1-11(2)9-16(8-7-13(14)15)10-12-5-3-4-6-12/h11-12H,3-10H2,1-2H3,(H3,14,15). The van der Waals surface area contributed by atoms with Crippen molar-refractivity contribution in [3.05, 3.63) is 0 Å². The monoisotopic (exact) mass is 225 g/mol. The van der Waals surface area contributed by atoms with Gasteiger partial charge in [0.2, 0.25) is 0 Å².